The Hall–Kier alpha value is -7.15. The van der Waals surface area contributed by atoms with Crippen LogP contribution in [-0.4, -0.2) is 107 Å². The minimum Gasteiger partial charge on any atom is -0.461 e. The molecule has 0 spiro atoms. The molecule has 0 radical (unpaired) electrons. The molecule has 6 N–H and O–H groups in total. The van der Waals surface area contributed by atoms with Crippen molar-refractivity contribution in [3.05, 3.63) is 108 Å². The standard InChI is InChI=1S/C45H60N16O3/c1-31(2)62-43-55-37(52-40(58-43)49-28-34-16-10-7-11-17-34)46-22-25-61(26-23-47-38-53-41(59-44(56-38)63-32(3)4)50-29-35-18-12-8-13-19-35)27-24-48-39-54-42(60-45(57-39)64-33(5)6)51-30-36-20-14-9-15-21-36/h7-21,31-33H,22-30H2,1-6H3,(H2,46,49,52,55,58)(H2,47,50,53,56,59)(H2,48,51,54,57,60). The number of ether oxygens (including phenoxy) is 3. The fourth-order valence-electron chi connectivity index (χ4n) is 5.98. The van der Waals surface area contributed by atoms with E-state index in [1.807, 2.05) is 133 Å². The van der Waals surface area contributed by atoms with Gasteiger partial charge in [-0.3, -0.25) is 4.90 Å². The van der Waals surface area contributed by atoms with Crippen LogP contribution in [-0.2, 0) is 19.6 Å². The average Bonchev–Trinajstić information content (AvgIpc) is 3.27. The zero-order chi connectivity index (χ0) is 44.9. The summed E-state index contributed by atoms with van der Waals surface area (Å²) in [7, 11) is 0. The van der Waals surface area contributed by atoms with Crippen molar-refractivity contribution in [2.45, 2.75) is 79.5 Å². The van der Waals surface area contributed by atoms with Gasteiger partial charge in [0.15, 0.2) is 0 Å². The number of hydrogen-bond donors (Lipinski definition) is 6. The first-order valence-corrected chi connectivity index (χ1v) is 21.7. The lowest BCUT2D eigenvalue weighted by molar-refractivity contribution is 0.222. The van der Waals surface area contributed by atoms with Crippen LogP contribution in [0.2, 0.25) is 0 Å². The SMILES string of the molecule is CC(C)Oc1nc(NCCN(CCNc2nc(NCc3ccccc3)nc(OC(C)C)n2)CCNc2nc(NCc3ccccc3)nc(OC(C)C)n2)nc(NCc2ccccc2)n1. The Bertz CT molecular complexity index is 2020. The van der Waals surface area contributed by atoms with Crippen molar-refractivity contribution in [1.82, 2.24) is 49.8 Å². The van der Waals surface area contributed by atoms with Crippen molar-refractivity contribution in [1.29, 1.82) is 0 Å². The Morgan fingerprint density at radius 1 is 0.359 bits per heavy atom. The van der Waals surface area contributed by atoms with Gasteiger partial charge in [-0.15, -0.1) is 0 Å². The topological polar surface area (TPSA) is 219 Å². The van der Waals surface area contributed by atoms with Gasteiger partial charge in [-0.05, 0) is 58.2 Å². The van der Waals surface area contributed by atoms with E-state index in [4.69, 9.17) is 14.2 Å². The number of rotatable bonds is 27. The zero-order valence-electron chi connectivity index (χ0n) is 37.5. The van der Waals surface area contributed by atoms with Crippen molar-refractivity contribution in [2.75, 3.05) is 71.2 Å². The third-order valence-corrected chi connectivity index (χ3v) is 8.88. The van der Waals surface area contributed by atoms with Crippen LogP contribution < -0.4 is 46.1 Å². The summed E-state index contributed by atoms with van der Waals surface area (Å²) >= 11 is 0. The first-order chi connectivity index (χ1) is 31.1. The molecule has 19 heteroatoms. The first-order valence-electron chi connectivity index (χ1n) is 21.7. The second kappa shape index (κ2) is 24.5. The third kappa shape index (κ3) is 16.6. The Kier molecular flexibility index (Phi) is 17.7. The molecular weight excluding hydrogens is 813 g/mol. The summed E-state index contributed by atoms with van der Waals surface area (Å²) in [5.74, 6) is 2.43. The molecule has 19 nitrogen and oxygen atoms in total. The van der Waals surface area contributed by atoms with Crippen LogP contribution in [0.1, 0.15) is 58.2 Å². The van der Waals surface area contributed by atoms with Crippen LogP contribution in [0.25, 0.3) is 0 Å². The molecule has 0 saturated carbocycles. The second-order valence-corrected chi connectivity index (χ2v) is 15.4. The molecule has 6 aromatic rings. The van der Waals surface area contributed by atoms with Gasteiger partial charge < -0.3 is 46.1 Å². The van der Waals surface area contributed by atoms with Gasteiger partial charge in [-0.25, -0.2) is 0 Å². The van der Waals surface area contributed by atoms with Crippen molar-refractivity contribution < 1.29 is 14.2 Å². The minimum absolute atomic E-state index is 0.117. The molecule has 0 aliphatic carbocycles. The molecule has 3 aromatic heterocycles. The molecule has 0 aliphatic heterocycles. The molecule has 3 heterocycles. The van der Waals surface area contributed by atoms with Crippen LogP contribution >= 0.6 is 0 Å². The van der Waals surface area contributed by atoms with E-state index in [1.165, 1.54) is 0 Å². The summed E-state index contributed by atoms with van der Waals surface area (Å²) in [4.78, 5) is 43.4. The molecule has 0 unspecified atom stereocenters. The predicted molar refractivity (Wildman–Crippen MR) is 250 cm³/mol. The first kappa shape index (κ1) is 46.4. The number of nitrogens with one attached hydrogen (secondary N) is 6. The van der Waals surface area contributed by atoms with Gasteiger partial charge in [0.05, 0.1) is 18.3 Å². The van der Waals surface area contributed by atoms with Gasteiger partial charge in [0, 0.05) is 58.9 Å². The molecule has 6 rings (SSSR count). The maximum Gasteiger partial charge on any atom is 0.323 e. The van der Waals surface area contributed by atoms with Crippen molar-refractivity contribution in [2.24, 2.45) is 0 Å². The van der Waals surface area contributed by atoms with Crippen LogP contribution in [0.4, 0.5) is 35.7 Å². The van der Waals surface area contributed by atoms with Crippen molar-refractivity contribution in [3.63, 3.8) is 0 Å². The van der Waals surface area contributed by atoms with E-state index >= 15 is 0 Å². The lowest BCUT2D eigenvalue weighted by atomic mass is 10.2. The zero-order valence-corrected chi connectivity index (χ0v) is 37.5. The van der Waals surface area contributed by atoms with Crippen LogP contribution in [0, 0.1) is 0 Å². The number of aromatic nitrogens is 9. The summed E-state index contributed by atoms with van der Waals surface area (Å²) in [6, 6.07) is 30.9. The average molecular weight is 873 g/mol. The smallest absolute Gasteiger partial charge is 0.323 e. The van der Waals surface area contributed by atoms with Gasteiger partial charge in [0.25, 0.3) is 0 Å². The van der Waals surface area contributed by atoms with Crippen LogP contribution in [0.3, 0.4) is 0 Å². The molecule has 0 amide bonds. The summed E-state index contributed by atoms with van der Waals surface area (Å²) in [5, 5.41) is 20.1. The van der Waals surface area contributed by atoms with Gasteiger partial charge in [-0.2, -0.15) is 44.9 Å². The van der Waals surface area contributed by atoms with E-state index < -0.39 is 0 Å². The quantitative estimate of drug-likeness (QED) is 0.0331. The molecule has 0 fully saturated rings. The summed E-state index contributed by atoms with van der Waals surface area (Å²) in [5.41, 5.74) is 3.30. The predicted octanol–water partition coefficient (Wildman–Crippen LogP) is 6.38. The Balaban J connectivity index is 1.14. The van der Waals surface area contributed by atoms with E-state index in [1.54, 1.807) is 0 Å². The maximum absolute atomic E-state index is 5.89. The molecule has 3 aromatic carbocycles. The van der Waals surface area contributed by atoms with E-state index in [-0.39, 0.29) is 36.3 Å². The Morgan fingerprint density at radius 3 is 0.859 bits per heavy atom. The highest BCUT2D eigenvalue weighted by Gasteiger charge is 2.15. The lowest BCUT2D eigenvalue weighted by Crippen LogP contribution is -2.37. The molecule has 0 bridgehead atoms. The molecule has 64 heavy (non-hydrogen) atoms. The van der Waals surface area contributed by atoms with Crippen LogP contribution in [0.5, 0.6) is 18.0 Å². The van der Waals surface area contributed by atoms with Gasteiger partial charge in [0.2, 0.25) is 35.7 Å². The third-order valence-electron chi connectivity index (χ3n) is 8.88. The molecule has 0 atom stereocenters. The monoisotopic (exact) mass is 873 g/mol. The molecule has 0 aliphatic rings. The maximum atomic E-state index is 5.89. The number of hydrogen-bond acceptors (Lipinski definition) is 19. The molecular formula is C45H60N16O3. The van der Waals surface area contributed by atoms with Crippen molar-refractivity contribution in [3.8, 4) is 18.0 Å². The van der Waals surface area contributed by atoms with Crippen molar-refractivity contribution >= 4 is 35.7 Å². The summed E-state index contributed by atoms with van der Waals surface area (Å²) in [6.07, 6.45) is -0.350. The summed E-state index contributed by atoms with van der Waals surface area (Å²) < 4.78 is 17.7. The largest absolute Gasteiger partial charge is 0.461 e. The highest BCUT2D eigenvalue weighted by molar-refractivity contribution is 5.39. The van der Waals surface area contributed by atoms with E-state index in [0.29, 0.717) is 94.6 Å². The van der Waals surface area contributed by atoms with Gasteiger partial charge >= 0.3 is 18.0 Å². The minimum atomic E-state index is -0.117. The fourth-order valence-corrected chi connectivity index (χ4v) is 5.98. The Labute approximate surface area is 375 Å². The normalized spacial score (nSPS) is 11.2. The second-order valence-electron chi connectivity index (χ2n) is 15.4. The summed E-state index contributed by atoms with van der Waals surface area (Å²) in [6.45, 7) is 16.6. The number of nitrogens with zero attached hydrogens (tertiary/aromatic N) is 10. The molecule has 0 saturated heterocycles. The highest BCUT2D eigenvalue weighted by Crippen LogP contribution is 2.17. The van der Waals surface area contributed by atoms with E-state index in [9.17, 15) is 0 Å². The van der Waals surface area contributed by atoms with Gasteiger partial charge in [-0.1, -0.05) is 91.0 Å². The van der Waals surface area contributed by atoms with Gasteiger partial charge in [0.1, 0.15) is 0 Å². The Morgan fingerprint density at radius 2 is 0.609 bits per heavy atom. The lowest BCUT2D eigenvalue weighted by Gasteiger charge is -2.23. The fraction of sp³-hybridized carbons (Fsp3) is 0.400. The number of benzene rings is 3. The van der Waals surface area contributed by atoms with E-state index in [2.05, 4.69) is 81.7 Å². The number of anilines is 6. The van der Waals surface area contributed by atoms with E-state index in [0.717, 1.165) is 16.7 Å². The highest BCUT2D eigenvalue weighted by atomic mass is 16.5. The molecule has 338 valence electrons. The van der Waals surface area contributed by atoms with Crippen LogP contribution in [0.15, 0.2) is 91.0 Å².